The van der Waals surface area contributed by atoms with Crippen LogP contribution in [0.3, 0.4) is 0 Å². The molecule has 11 N–H and O–H groups in total. The molecule has 6 amide bonds. The van der Waals surface area contributed by atoms with Gasteiger partial charge in [0.15, 0.2) is 24.8 Å². The number of carbonyl (C=O) groups excluding carboxylic acids is 6. The average molecular weight is 1030 g/mol. The van der Waals surface area contributed by atoms with Crippen LogP contribution in [0.2, 0.25) is 0 Å². The maximum Gasteiger partial charge on any atom is 0.499 e. The van der Waals surface area contributed by atoms with Crippen LogP contribution in [0.15, 0.2) is 84.3 Å². The predicted octanol–water partition coefficient (Wildman–Crippen LogP) is -0.175. The molecule has 73 heavy (non-hydrogen) atoms. The number of nitrogens with zero attached hydrogens (tertiary/aromatic N) is 4. The van der Waals surface area contributed by atoms with Gasteiger partial charge in [-0.15, -0.1) is 0 Å². The lowest BCUT2D eigenvalue weighted by Crippen LogP contribution is -2.75. The lowest BCUT2D eigenvalue weighted by Gasteiger charge is -2.26. The number of aryl methyl sites for hydroxylation is 4. The lowest BCUT2D eigenvalue weighted by molar-refractivity contribution is -0.684. The molecule has 1 aliphatic heterocycles. The number of thioether (sulfide) groups is 1. The summed E-state index contributed by atoms with van der Waals surface area (Å²) in [7, 11) is 0. The molecule has 1 saturated heterocycles. The van der Waals surface area contributed by atoms with Crippen LogP contribution in [0.1, 0.15) is 44.6 Å². The number of rotatable bonds is 25. The second-order valence-corrected chi connectivity index (χ2v) is 18.1. The minimum atomic E-state index is -0.925. The van der Waals surface area contributed by atoms with Crippen molar-refractivity contribution in [1.82, 2.24) is 31.8 Å². The van der Waals surface area contributed by atoms with Gasteiger partial charge in [-0.1, -0.05) is 5.11 Å². The second kappa shape index (κ2) is 29.9. The van der Waals surface area contributed by atoms with Gasteiger partial charge in [-0.2, -0.15) is 20.9 Å². The first-order chi connectivity index (χ1) is 35.1. The molecule has 4 aromatic rings. The van der Waals surface area contributed by atoms with E-state index in [1.165, 1.54) is 6.20 Å². The molecule has 1 aliphatic rings. The Morgan fingerprint density at radius 2 is 1.53 bits per heavy atom. The fourth-order valence-electron chi connectivity index (χ4n) is 7.19. The van der Waals surface area contributed by atoms with E-state index in [1.807, 2.05) is 32.3 Å². The summed E-state index contributed by atoms with van der Waals surface area (Å²) in [5, 5.41) is 39.5. The largest absolute Gasteiger partial charge is 0.499 e. The summed E-state index contributed by atoms with van der Waals surface area (Å²) < 4.78 is 8.70. The Morgan fingerprint density at radius 3 is 2.30 bits per heavy atom. The molecule has 5 rings (SSSR count). The van der Waals surface area contributed by atoms with Crippen molar-refractivity contribution in [2.45, 2.75) is 47.3 Å². The van der Waals surface area contributed by atoms with Crippen molar-refractivity contribution in [2.75, 3.05) is 93.2 Å². The highest BCUT2D eigenvalue weighted by molar-refractivity contribution is 7.99. The predicted molar refractivity (Wildman–Crippen MR) is 272 cm³/mol. The number of anilines is 3. The van der Waals surface area contributed by atoms with Crippen molar-refractivity contribution in [3.63, 3.8) is 0 Å². The Morgan fingerprint density at radius 1 is 0.808 bits per heavy atom. The number of aliphatic hydroxyl groups is 2. The number of aliphatic hydroxyl groups excluding tert-OH is 2. The van der Waals surface area contributed by atoms with E-state index in [2.05, 4.69) is 58.0 Å². The molecule has 0 bridgehead atoms. The Bertz CT molecular complexity index is 2630. The Labute approximate surface area is 427 Å². The number of amides is 6. The van der Waals surface area contributed by atoms with Crippen molar-refractivity contribution in [3.8, 4) is 0 Å². The molecular formula is C49H66N13O10S+3. The monoisotopic (exact) mass is 1030 g/mol. The van der Waals surface area contributed by atoms with E-state index >= 15 is 0 Å². The fraction of sp³-hybridized carbons (Fsp3) is 0.388. The molecular weight excluding hydrogens is 963 g/mol. The standard InChI is InChI=1S/C49H63N13O10S/c1-33-22-37(28-61(26-33)30-43(64)54-39-6-8-41(35(3)24-39)56-58-48(69)46(67)50-10-5-14-60-15-18-71-19-16-60)32-72-53-13-21-73-20-12-52-45(66)38-23-34(2)27-62(29-38)31-44(65)55-40-7-9-42(36(4)25-40)57-59-49(70)47(68)51-11-17-63/h6-9,22-30,53,63H,5,10-21,31-32H2,1-4H3,(H6-2,50,51,52,54,55,56,57,58,59,64,65,66,67,68,69,70)/p+3/b43-30+. The zero-order chi connectivity index (χ0) is 52.5. The number of morpholine rings is 1. The minimum absolute atomic E-state index is 0.0465. The third kappa shape index (κ3) is 20.4. The number of hydrogen-bond acceptors (Lipinski definition) is 16. The van der Waals surface area contributed by atoms with Gasteiger partial charge in [0.2, 0.25) is 12.7 Å². The summed E-state index contributed by atoms with van der Waals surface area (Å²) in [5.41, 5.74) is 14.4. The molecule has 0 radical (unpaired) electrons. The fourth-order valence-corrected chi connectivity index (χ4v) is 7.87. The van der Waals surface area contributed by atoms with Crippen LogP contribution in [0.25, 0.3) is 6.20 Å². The summed E-state index contributed by atoms with van der Waals surface area (Å²) in [4.78, 5) is 82.1. The minimum Gasteiger partial charge on any atom is -0.490 e. The van der Waals surface area contributed by atoms with Crippen LogP contribution in [0.4, 0.5) is 22.7 Å². The van der Waals surface area contributed by atoms with E-state index in [0.717, 1.165) is 48.5 Å². The summed E-state index contributed by atoms with van der Waals surface area (Å²) in [6, 6.07) is 13.8. The van der Waals surface area contributed by atoms with Crippen LogP contribution in [0, 0.1) is 27.7 Å². The topological polar surface area (TPSA) is 295 Å². The van der Waals surface area contributed by atoms with E-state index in [4.69, 9.17) is 14.7 Å². The maximum atomic E-state index is 13.0. The van der Waals surface area contributed by atoms with Gasteiger partial charge in [-0.05, 0) is 100 Å². The van der Waals surface area contributed by atoms with Crippen molar-refractivity contribution >= 4 is 76.2 Å². The van der Waals surface area contributed by atoms with Gasteiger partial charge in [0.25, 0.3) is 17.7 Å². The molecule has 0 saturated carbocycles. The molecule has 0 atom stereocenters. The van der Waals surface area contributed by atoms with E-state index < -0.39 is 23.6 Å². The van der Waals surface area contributed by atoms with Crippen molar-refractivity contribution < 1.29 is 62.8 Å². The lowest BCUT2D eigenvalue weighted by atomic mass is 10.2. The molecule has 390 valence electrons. The number of azo groups is 1. The number of hydrogen-bond donors (Lipinski definition) is 11. The van der Waals surface area contributed by atoms with Crippen molar-refractivity contribution in [3.05, 3.63) is 113 Å². The number of nitrogens with one attached hydrogen (secondary N) is 9. The number of hydroxylamine groups is 1. The highest BCUT2D eigenvalue weighted by atomic mass is 32.2. The van der Waals surface area contributed by atoms with Gasteiger partial charge >= 0.3 is 23.6 Å². The number of ether oxygens (including phenoxy) is 1. The summed E-state index contributed by atoms with van der Waals surface area (Å²) in [5.74, 6) is -2.75. The smallest absolute Gasteiger partial charge is 0.490 e. The normalized spacial score (nSPS) is 12.8. The number of hydrazine groups is 1. The zero-order valence-corrected chi connectivity index (χ0v) is 42.3. The molecule has 1 fully saturated rings. The van der Waals surface area contributed by atoms with Crippen LogP contribution < -0.4 is 57.2 Å². The molecule has 24 heteroatoms. The second-order valence-electron chi connectivity index (χ2n) is 16.9. The first kappa shape index (κ1) is 56.6. The third-order valence-corrected chi connectivity index (χ3v) is 11.6. The molecule has 3 heterocycles. The highest BCUT2D eigenvalue weighted by Crippen LogP contribution is 2.22. The van der Waals surface area contributed by atoms with Gasteiger partial charge in [0, 0.05) is 84.0 Å². The van der Waals surface area contributed by atoms with Gasteiger partial charge in [0.1, 0.15) is 11.3 Å². The molecule has 0 aliphatic carbocycles. The summed E-state index contributed by atoms with van der Waals surface area (Å²) >= 11 is 1.64. The van der Waals surface area contributed by atoms with E-state index in [9.17, 15) is 33.9 Å². The zero-order valence-electron chi connectivity index (χ0n) is 41.5. The first-order valence-corrected chi connectivity index (χ1v) is 24.8. The van der Waals surface area contributed by atoms with E-state index in [-0.39, 0.29) is 44.0 Å². The quantitative estimate of drug-likeness (QED) is 0.0103. The maximum absolute atomic E-state index is 13.0. The van der Waals surface area contributed by atoms with Gasteiger partial charge in [-0.25, -0.2) is 10.3 Å². The van der Waals surface area contributed by atoms with Crippen LogP contribution in [-0.2, 0) is 46.7 Å². The average Bonchev–Trinajstić information content (AvgIpc) is 3.35. The number of carbonyl (C=O) groups is 6. The summed E-state index contributed by atoms with van der Waals surface area (Å²) in [6.45, 7) is 12.5. The van der Waals surface area contributed by atoms with Crippen LogP contribution in [0.5, 0.6) is 0 Å². The third-order valence-electron chi connectivity index (χ3n) is 10.6. The number of pyridine rings is 2. The van der Waals surface area contributed by atoms with Crippen molar-refractivity contribution in [2.24, 2.45) is 5.11 Å². The molecule has 2 aromatic carbocycles. The Balaban J connectivity index is 0.958. The van der Waals surface area contributed by atoms with E-state index in [1.54, 1.807) is 89.6 Å². The van der Waals surface area contributed by atoms with Crippen LogP contribution >= 0.6 is 11.8 Å². The number of aromatic nitrogens is 2. The summed E-state index contributed by atoms with van der Waals surface area (Å²) in [6.07, 6.45) is 9.30. The molecule has 0 unspecified atom stereocenters. The van der Waals surface area contributed by atoms with Gasteiger partial charge < -0.3 is 41.5 Å². The Kier molecular flexibility index (Phi) is 23.1. The van der Waals surface area contributed by atoms with Crippen LogP contribution in [-0.4, -0.2) is 128 Å². The van der Waals surface area contributed by atoms with E-state index in [0.29, 0.717) is 78.0 Å². The molecule has 23 nitrogen and oxygen atoms in total. The molecule has 0 spiro atoms. The highest BCUT2D eigenvalue weighted by Gasteiger charge is 2.21. The van der Waals surface area contributed by atoms with Crippen molar-refractivity contribution in [1.29, 1.82) is 0 Å². The van der Waals surface area contributed by atoms with Gasteiger partial charge in [0.05, 0.1) is 32.1 Å². The first-order valence-electron chi connectivity index (χ1n) is 23.6. The molecule has 2 aromatic heterocycles. The Hall–Kier alpha value is -7.35. The number of benzene rings is 2. The SMILES string of the molecule is Cc1cc(CONCCSCCNC(=O)c2cc(C)c[n+](CC(=O)Nc3ccc(NNC(=O)C(=O)NCCO)c(C)c3)c2)c[n+](/C=C(/O)Nc2ccc(N=[NH+]C(=O)C(=O)NCCCN3CCOCC3)c(C)c2)c1. The van der Waals surface area contributed by atoms with Gasteiger partial charge in [-0.3, -0.25) is 44.6 Å².